The van der Waals surface area contributed by atoms with Gasteiger partial charge in [0.15, 0.2) is 0 Å². The Bertz CT molecular complexity index is 1120. The molecule has 1 aromatic carbocycles. The molecule has 1 fully saturated rings. The second-order valence-corrected chi connectivity index (χ2v) is 7.44. The number of β-amino-alcohol motifs (C(OH)–C–C–N with tert-alkyl or cyclic N) is 1. The minimum atomic E-state index is -0.845. The molecular weight excluding hydrogens is 370 g/mol. The van der Waals surface area contributed by atoms with E-state index in [2.05, 4.69) is 9.97 Å². The summed E-state index contributed by atoms with van der Waals surface area (Å²) in [6.07, 6.45) is 0.940. The first kappa shape index (κ1) is 19.1. The van der Waals surface area contributed by atoms with Crippen molar-refractivity contribution in [2.75, 3.05) is 13.1 Å². The Morgan fingerprint density at radius 2 is 2.10 bits per heavy atom. The van der Waals surface area contributed by atoms with Crippen LogP contribution in [0.1, 0.15) is 28.0 Å². The Kier molecular flexibility index (Phi) is 5.07. The maximum absolute atomic E-state index is 12.8. The first-order chi connectivity index (χ1) is 13.9. The summed E-state index contributed by atoms with van der Waals surface area (Å²) in [5, 5.41) is 11.5. The number of aromatic nitrogens is 2. The Hall–Kier alpha value is -3.19. The summed E-state index contributed by atoms with van der Waals surface area (Å²) >= 11 is 0. The van der Waals surface area contributed by atoms with Gasteiger partial charge in [-0.3, -0.25) is 14.6 Å². The smallest absolute Gasteiger partial charge is 0.261 e. The van der Waals surface area contributed by atoms with Gasteiger partial charge < -0.3 is 19.7 Å². The van der Waals surface area contributed by atoms with Crippen molar-refractivity contribution in [1.82, 2.24) is 14.9 Å². The first-order valence-electron chi connectivity index (χ1n) is 9.61. The van der Waals surface area contributed by atoms with E-state index in [0.29, 0.717) is 18.7 Å². The largest absolute Gasteiger partial charge is 0.488 e. The average molecular weight is 393 g/mol. The predicted molar refractivity (Wildman–Crippen MR) is 109 cm³/mol. The van der Waals surface area contributed by atoms with Crippen LogP contribution in [0.5, 0.6) is 5.75 Å². The predicted octanol–water partition coefficient (Wildman–Crippen LogP) is 2.19. The molecule has 150 valence electrons. The van der Waals surface area contributed by atoms with Crippen LogP contribution in [0.15, 0.2) is 47.4 Å². The van der Waals surface area contributed by atoms with Crippen LogP contribution < -0.4 is 10.3 Å². The van der Waals surface area contributed by atoms with E-state index in [4.69, 9.17) is 4.74 Å². The first-order valence-corrected chi connectivity index (χ1v) is 9.61. The second kappa shape index (κ2) is 7.67. The quantitative estimate of drug-likeness (QED) is 0.711. The minimum absolute atomic E-state index is 0.0988. The fourth-order valence-electron chi connectivity index (χ4n) is 3.59. The normalized spacial score (nSPS) is 19.3. The highest BCUT2D eigenvalue weighted by Gasteiger charge is 2.33. The summed E-state index contributed by atoms with van der Waals surface area (Å²) in [4.78, 5) is 33.5. The molecule has 1 saturated heterocycles. The van der Waals surface area contributed by atoms with Crippen molar-refractivity contribution in [1.29, 1.82) is 0 Å². The molecule has 3 heterocycles. The molecule has 0 aliphatic carbocycles. The van der Waals surface area contributed by atoms with Crippen molar-refractivity contribution in [3.63, 3.8) is 0 Å². The van der Waals surface area contributed by atoms with Crippen LogP contribution in [-0.2, 0) is 0 Å². The van der Waals surface area contributed by atoms with Crippen LogP contribution in [0, 0.1) is 13.8 Å². The number of nitrogens with zero attached hydrogens (tertiary/aromatic N) is 2. The molecule has 1 aliphatic rings. The van der Waals surface area contributed by atoms with Crippen molar-refractivity contribution in [3.8, 4) is 5.75 Å². The van der Waals surface area contributed by atoms with Gasteiger partial charge in [-0.05, 0) is 49.7 Å². The highest BCUT2D eigenvalue weighted by Crippen LogP contribution is 2.24. The number of aliphatic hydroxyl groups is 1. The third-order valence-electron chi connectivity index (χ3n) is 5.40. The molecule has 0 unspecified atom stereocenters. The van der Waals surface area contributed by atoms with Crippen LogP contribution in [0.3, 0.4) is 0 Å². The van der Waals surface area contributed by atoms with Crippen LogP contribution >= 0.6 is 0 Å². The lowest BCUT2D eigenvalue weighted by molar-refractivity contribution is -0.0198. The number of aromatic amines is 1. The van der Waals surface area contributed by atoms with Gasteiger partial charge in [0.05, 0.1) is 12.1 Å². The molecular formula is C22H23N3O4. The number of likely N-dealkylation sites (tertiary alicyclic amines) is 1. The molecule has 7 nitrogen and oxygen atoms in total. The summed E-state index contributed by atoms with van der Waals surface area (Å²) in [5.74, 6) is 0.281. The Labute approximate surface area is 168 Å². The molecule has 29 heavy (non-hydrogen) atoms. The van der Waals surface area contributed by atoms with Crippen molar-refractivity contribution < 1.29 is 14.6 Å². The lowest BCUT2D eigenvalue weighted by Gasteiger charge is -2.36. The molecule has 0 bridgehead atoms. The number of amides is 1. The number of carbonyl (C=O) groups excluding carboxylic acids is 1. The van der Waals surface area contributed by atoms with Gasteiger partial charge in [-0.25, -0.2) is 0 Å². The number of fused-ring (bicyclic) bond motifs is 1. The molecule has 0 radical (unpaired) electrons. The van der Waals surface area contributed by atoms with Gasteiger partial charge in [-0.1, -0.05) is 6.07 Å². The zero-order valence-electron chi connectivity index (χ0n) is 16.4. The highest BCUT2D eigenvalue weighted by molar-refractivity contribution is 5.94. The molecule has 2 atom stereocenters. The van der Waals surface area contributed by atoms with Crippen molar-refractivity contribution in [3.05, 3.63) is 69.8 Å². The van der Waals surface area contributed by atoms with E-state index in [1.807, 2.05) is 37.3 Å². The number of nitrogens with one attached hydrogen (secondary N) is 1. The molecule has 1 amide bonds. The van der Waals surface area contributed by atoms with E-state index in [9.17, 15) is 14.7 Å². The zero-order chi connectivity index (χ0) is 20.5. The van der Waals surface area contributed by atoms with Gasteiger partial charge in [0, 0.05) is 30.2 Å². The number of hydrogen-bond acceptors (Lipinski definition) is 5. The molecule has 3 aromatic rings. The number of aryl methyl sites for hydroxylation is 2. The molecule has 7 heteroatoms. The SMILES string of the molecule is Cc1cc(C(=O)N2CC[C@@H](Oc3ccc4ncccc4c3)[C@H](O)C2)c(=O)[nH]c1C. The number of carbonyl (C=O) groups is 1. The maximum Gasteiger partial charge on any atom is 0.261 e. The Balaban J connectivity index is 1.45. The minimum Gasteiger partial charge on any atom is -0.488 e. The third kappa shape index (κ3) is 3.86. The number of ether oxygens (including phenoxy) is 1. The van der Waals surface area contributed by atoms with Crippen LogP contribution in [0.4, 0.5) is 0 Å². The van der Waals surface area contributed by atoms with Gasteiger partial charge in [0.25, 0.3) is 11.5 Å². The van der Waals surface area contributed by atoms with Crippen LogP contribution in [-0.4, -0.2) is 51.2 Å². The average Bonchev–Trinajstić information content (AvgIpc) is 2.71. The van der Waals surface area contributed by atoms with Crippen molar-refractivity contribution in [2.45, 2.75) is 32.5 Å². The molecule has 2 N–H and O–H groups in total. The van der Waals surface area contributed by atoms with Crippen LogP contribution in [0.25, 0.3) is 10.9 Å². The highest BCUT2D eigenvalue weighted by atomic mass is 16.5. The standard InChI is InChI=1S/C22H23N3O4/c1-13-10-17(21(27)24-14(13)2)22(28)25-9-7-20(19(26)12-25)29-16-5-6-18-15(11-16)4-3-8-23-18/h3-6,8,10-11,19-20,26H,7,9,12H2,1-2H3,(H,24,27)/t19-,20-/m1/s1. The van der Waals surface area contributed by atoms with Gasteiger partial charge in [0.2, 0.25) is 0 Å². The zero-order valence-corrected chi connectivity index (χ0v) is 16.4. The van der Waals surface area contributed by atoms with Gasteiger partial charge >= 0.3 is 0 Å². The van der Waals surface area contributed by atoms with Gasteiger partial charge in [0.1, 0.15) is 23.5 Å². The lowest BCUT2D eigenvalue weighted by Crippen LogP contribution is -2.51. The summed E-state index contributed by atoms with van der Waals surface area (Å²) < 4.78 is 5.98. The molecule has 1 aliphatic heterocycles. The number of H-pyrrole nitrogens is 1. The summed E-state index contributed by atoms with van der Waals surface area (Å²) in [7, 11) is 0. The lowest BCUT2D eigenvalue weighted by atomic mass is 10.0. The van der Waals surface area contributed by atoms with E-state index in [-0.39, 0.29) is 18.0 Å². The Morgan fingerprint density at radius 3 is 2.90 bits per heavy atom. The van der Waals surface area contributed by atoms with E-state index < -0.39 is 17.8 Å². The number of aliphatic hydroxyl groups excluding tert-OH is 1. The molecule has 2 aromatic heterocycles. The maximum atomic E-state index is 12.8. The number of pyridine rings is 2. The molecule has 0 saturated carbocycles. The van der Waals surface area contributed by atoms with Crippen LogP contribution in [0.2, 0.25) is 0 Å². The fourth-order valence-corrected chi connectivity index (χ4v) is 3.59. The molecule has 0 spiro atoms. The monoisotopic (exact) mass is 393 g/mol. The van der Waals surface area contributed by atoms with E-state index in [1.54, 1.807) is 19.2 Å². The van der Waals surface area contributed by atoms with Crippen molar-refractivity contribution in [2.24, 2.45) is 0 Å². The summed E-state index contributed by atoms with van der Waals surface area (Å²) in [6, 6.07) is 11.0. The summed E-state index contributed by atoms with van der Waals surface area (Å²) in [6.45, 7) is 4.16. The summed E-state index contributed by atoms with van der Waals surface area (Å²) in [5.41, 5.74) is 2.15. The number of benzene rings is 1. The van der Waals surface area contributed by atoms with E-state index >= 15 is 0 Å². The second-order valence-electron chi connectivity index (χ2n) is 7.44. The Morgan fingerprint density at radius 1 is 1.28 bits per heavy atom. The van der Waals surface area contributed by atoms with Gasteiger partial charge in [-0.2, -0.15) is 0 Å². The molecule has 4 rings (SSSR count). The van der Waals surface area contributed by atoms with E-state index in [1.165, 1.54) is 4.90 Å². The number of rotatable bonds is 3. The fraction of sp³-hybridized carbons (Fsp3) is 0.318. The van der Waals surface area contributed by atoms with Gasteiger partial charge in [-0.15, -0.1) is 0 Å². The number of hydrogen-bond donors (Lipinski definition) is 2. The van der Waals surface area contributed by atoms with Crippen molar-refractivity contribution >= 4 is 16.8 Å². The topological polar surface area (TPSA) is 95.5 Å². The van der Waals surface area contributed by atoms with E-state index in [0.717, 1.165) is 22.2 Å². The third-order valence-corrected chi connectivity index (χ3v) is 5.40. The number of piperidine rings is 1.